The molecular weight excluding hydrogens is 228 g/mol. The number of tetrazole rings is 1. The average molecular weight is 236 g/mol. The number of hydrogen-bond acceptors (Lipinski definition) is 5. The predicted octanol–water partition coefficient (Wildman–Crippen LogP) is 0.579. The minimum absolute atomic E-state index is 0.242. The molecule has 0 fully saturated rings. The highest BCUT2D eigenvalue weighted by atomic mass is 32.2. The van der Waals surface area contributed by atoms with E-state index >= 15 is 0 Å². The highest BCUT2D eigenvalue weighted by Gasteiger charge is 2.19. The second kappa shape index (κ2) is 3.86. The van der Waals surface area contributed by atoms with Gasteiger partial charge in [0.2, 0.25) is 9.84 Å². The summed E-state index contributed by atoms with van der Waals surface area (Å²) in [5.41, 5.74) is 0.577. The van der Waals surface area contributed by atoms with Gasteiger partial charge < -0.3 is 0 Å². The topological polar surface area (TPSA) is 77.7 Å². The van der Waals surface area contributed by atoms with E-state index in [1.54, 1.807) is 24.3 Å². The van der Waals surface area contributed by atoms with Gasteiger partial charge in [0.05, 0.1) is 5.69 Å². The highest BCUT2D eigenvalue weighted by Crippen LogP contribution is 2.12. The van der Waals surface area contributed by atoms with Gasteiger partial charge in [0.1, 0.15) is 0 Å². The zero-order valence-corrected chi connectivity index (χ0v) is 9.00. The van der Waals surface area contributed by atoms with Gasteiger partial charge in [-0.1, -0.05) is 29.9 Å². The molecule has 1 heterocycles. The first kappa shape index (κ1) is 10.5. The summed E-state index contributed by atoms with van der Waals surface area (Å²) in [5, 5.41) is 11.0. The molecule has 0 spiro atoms. The van der Waals surface area contributed by atoms with Crippen molar-refractivity contribution in [1.82, 2.24) is 20.2 Å². The Labute approximate surface area is 92.1 Å². The van der Waals surface area contributed by atoms with Crippen LogP contribution in [0.4, 0.5) is 0 Å². The van der Waals surface area contributed by atoms with Crippen LogP contribution >= 0.6 is 0 Å². The number of nitrogens with zero attached hydrogens (tertiary/aromatic N) is 4. The molecule has 6 nitrogen and oxygen atoms in total. The second-order valence-corrected chi connectivity index (χ2v) is 4.71. The van der Waals surface area contributed by atoms with Gasteiger partial charge in [-0.05, 0) is 22.6 Å². The van der Waals surface area contributed by atoms with Gasteiger partial charge in [0, 0.05) is 5.41 Å². The quantitative estimate of drug-likeness (QED) is 0.779. The summed E-state index contributed by atoms with van der Waals surface area (Å²) >= 11 is 0. The van der Waals surface area contributed by atoms with Gasteiger partial charge >= 0.3 is 0 Å². The van der Waals surface area contributed by atoms with Crippen LogP contribution in [0.3, 0.4) is 0 Å². The van der Waals surface area contributed by atoms with Crippen LogP contribution in [0.1, 0.15) is 0 Å². The van der Waals surface area contributed by atoms with E-state index in [4.69, 9.17) is 0 Å². The van der Waals surface area contributed by atoms with E-state index < -0.39 is 9.84 Å². The van der Waals surface area contributed by atoms with E-state index in [9.17, 15) is 8.42 Å². The van der Waals surface area contributed by atoms with Crippen molar-refractivity contribution in [2.45, 2.75) is 5.16 Å². The summed E-state index contributed by atoms with van der Waals surface area (Å²) < 4.78 is 24.3. The van der Waals surface area contributed by atoms with Gasteiger partial charge in [0.25, 0.3) is 5.16 Å². The molecule has 0 bridgehead atoms. The van der Waals surface area contributed by atoms with Crippen LogP contribution < -0.4 is 0 Å². The Morgan fingerprint density at radius 3 is 2.56 bits per heavy atom. The summed E-state index contributed by atoms with van der Waals surface area (Å²) in [6, 6.07) is 8.76. The Morgan fingerprint density at radius 1 is 1.25 bits per heavy atom. The Hall–Kier alpha value is -2.02. The molecule has 0 aliphatic heterocycles. The lowest BCUT2D eigenvalue weighted by atomic mass is 10.3. The van der Waals surface area contributed by atoms with Crippen LogP contribution in [0.25, 0.3) is 5.69 Å². The largest absolute Gasteiger partial charge is 0.276 e. The summed E-state index contributed by atoms with van der Waals surface area (Å²) in [7, 11) is -3.64. The van der Waals surface area contributed by atoms with E-state index in [1.165, 1.54) is 0 Å². The first-order chi connectivity index (χ1) is 7.65. The molecule has 1 aromatic carbocycles. The molecule has 0 amide bonds. The molecule has 16 heavy (non-hydrogen) atoms. The van der Waals surface area contributed by atoms with Crippen LogP contribution in [0, 0.1) is 0 Å². The highest BCUT2D eigenvalue weighted by molar-refractivity contribution is 7.94. The Balaban J connectivity index is 2.62. The number of aromatic nitrogens is 4. The number of sulfone groups is 1. The van der Waals surface area contributed by atoms with Crippen molar-refractivity contribution in [2.24, 2.45) is 0 Å². The maximum absolute atomic E-state index is 11.6. The lowest BCUT2D eigenvalue weighted by Gasteiger charge is -2.01. The summed E-state index contributed by atoms with van der Waals surface area (Å²) in [4.78, 5) is 0. The molecule has 0 saturated carbocycles. The number of benzene rings is 1. The third kappa shape index (κ3) is 1.72. The van der Waals surface area contributed by atoms with E-state index in [2.05, 4.69) is 22.1 Å². The van der Waals surface area contributed by atoms with Gasteiger partial charge in [-0.15, -0.1) is 0 Å². The van der Waals surface area contributed by atoms with Gasteiger partial charge in [0.15, 0.2) is 0 Å². The molecule has 0 aliphatic rings. The zero-order valence-electron chi connectivity index (χ0n) is 8.18. The van der Waals surface area contributed by atoms with E-state index in [1.807, 2.05) is 6.07 Å². The summed E-state index contributed by atoms with van der Waals surface area (Å²) in [6.07, 6.45) is 0. The van der Waals surface area contributed by atoms with Crippen molar-refractivity contribution in [1.29, 1.82) is 0 Å². The third-order valence-corrected chi connectivity index (χ3v) is 3.12. The SMILES string of the molecule is C=CS(=O)(=O)c1nnnn1-c1ccccc1. The van der Waals surface area contributed by atoms with Crippen LogP contribution in [0.2, 0.25) is 0 Å². The molecule has 82 valence electrons. The minimum Gasteiger partial charge on any atom is -0.216 e. The first-order valence-electron chi connectivity index (χ1n) is 4.36. The van der Waals surface area contributed by atoms with Gasteiger partial charge in [-0.2, -0.15) is 4.68 Å². The van der Waals surface area contributed by atoms with Gasteiger partial charge in [-0.3, -0.25) is 0 Å². The van der Waals surface area contributed by atoms with Crippen molar-refractivity contribution in [3.8, 4) is 5.69 Å². The number of para-hydroxylation sites is 1. The summed E-state index contributed by atoms with van der Waals surface area (Å²) in [5.74, 6) is 0. The standard InChI is InChI=1S/C9H8N4O2S/c1-2-16(14,15)9-10-11-12-13(9)8-6-4-3-5-7-8/h2-7H,1H2. The monoisotopic (exact) mass is 236 g/mol. The van der Waals surface area contributed by atoms with Crippen molar-refractivity contribution in [3.63, 3.8) is 0 Å². The first-order valence-corrected chi connectivity index (χ1v) is 5.91. The fourth-order valence-electron chi connectivity index (χ4n) is 1.16. The fourth-order valence-corrected chi connectivity index (χ4v) is 1.84. The molecule has 0 radical (unpaired) electrons. The van der Waals surface area contributed by atoms with Gasteiger partial charge in [-0.25, -0.2) is 8.42 Å². The lowest BCUT2D eigenvalue weighted by molar-refractivity contribution is 0.589. The minimum atomic E-state index is -3.64. The lowest BCUT2D eigenvalue weighted by Crippen LogP contribution is -2.07. The second-order valence-electron chi connectivity index (χ2n) is 2.92. The smallest absolute Gasteiger partial charge is 0.216 e. The van der Waals surface area contributed by atoms with Crippen molar-refractivity contribution in [3.05, 3.63) is 42.3 Å². The van der Waals surface area contributed by atoms with Crippen LogP contribution in [-0.2, 0) is 9.84 Å². The number of hydrogen-bond donors (Lipinski definition) is 0. The maximum atomic E-state index is 11.6. The van der Waals surface area contributed by atoms with Crippen LogP contribution in [-0.4, -0.2) is 28.6 Å². The Morgan fingerprint density at radius 2 is 1.94 bits per heavy atom. The molecule has 0 unspecified atom stereocenters. The van der Waals surface area contributed by atoms with Crippen LogP contribution in [0.15, 0.2) is 47.5 Å². The average Bonchev–Trinajstić information content (AvgIpc) is 2.80. The third-order valence-electron chi connectivity index (χ3n) is 1.92. The molecule has 0 N–H and O–H groups in total. The van der Waals surface area contributed by atoms with E-state index in [-0.39, 0.29) is 5.16 Å². The molecule has 0 atom stereocenters. The molecule has 1 aromatic heterocycles. The predicted molar refractivity (Wildman–Crippen MR) is 56.5 cm³/mol. The Bertz CT molecular complexity index is 603. The van der Waals surface area contributed by atoms with E-state index in [0.29, 0.717) is 5.69 Å². The normalized spacial score (nSPS) is 11.2. The number of rotatable bonds is 3. The van der Waals surface area contributed by atoms with Crippen molar-refractivity contribution < 1.29 is 8.42 Å². The molecule has 7 heteroatoms. The van der Waals surface area contributed by atoms with Crippen LogP contribution in [0.5, 0.6) is 0 Å². The molecule has 0 aliphatic carbocycles. The molecular formula is C9H8N4O2S. The summed E-state index contributed by atoms with van der Waals surface area (Å²) in [6.45, 7) is 3.23. The van der Waals surface area contributed by atoms with Crippen molar-refractivity contribution in [2.75, 3.05) is 0 Å². The van der Waals surface area contributed by atoms with Crippen molar-refractivity contribution >= 4 is 9.84 Å². The molecule has 2 rings (SSSR count). The fraction of sp³-hybridized carbons (Fsp3) is 0. The maximum Gasteiger partial charge on any atom is 0.276 e. The Kier molecular flexibility index (Phi) is 2.53. The molecule has 0 saturated heterocycles. The molecule has 2 aromatic rings. The van der Waals surface area contributed by atoms with E-state index in [0.717, 1.165) is 10.1 Å². The zero-order chi connectivity index (χ0) is 11.6.